The molecule has 1 aliphatic rings. The van der Waals surface area contributed by atoms with Crippen LogP contribution in [0, 0.1) is 0 Å². The zero-order valence-electron chi connectivity index (χ0n) is 20.8. The summed E-state index contributed by atoms with van der Waals surface area (Å²) in [5.74, 6) is -0.604. The summed E-state index contributed by atoms with van der Waals surface area (Å²) in [5.41, 5.74) is -1.69. The third kappa shape index (κ3) is 6.89. The lowest BCUT2D eigenvalue weighted by atomic mass is 9.52. The molecular weight excluding hydrogens is 464 g/mol. The molecule has 8 heteroatoms. The Morgan fingerprint density at radius 3 is 1.97 bits per heavy atom. The highest BCUT2D eigenvalue weighted by atomic mass is 35.5. The topological polar surface area (TPSA) is 35.5 Å². The molecule has 3 nitrogen and oxygen atoms in total. The summed E-state index contributed by atoms with van der Waals surface area (Å²) in [6.45, 7) is 10.6. The smallest absolute Gasteiger partial charge is 0.403 e. The summed E-state index contributed by atoms with van der Waals surface area (Å²) < 4.78 is 56.3. The van der Waals surface area contributed by atoms with Gasteiger partial charge in [-0.1, -0.05) is 49.8 Å². The average molecular weight is 501 g/mol. The molecule has 1 heterocycles. The summed E-state index contributed by atoms with van der Waals surface area (Å²) in [5, 5.41) is -2.03. The van der Waals surface area contributed by atoms with E-state index >= 15 is 0 Å². The monoisotopic (exact) mass is 500 g/mol. The van der Waals surface area contributed by atoms with E-state index in [1.54, 1.807) is 27.7 Å². The minimum atomic E-state index is -4.69. The standard InChI is InChI=1S/C26H37BClF3O3/c1-6-7-8-9-10-11-12-13-18-25(26(29,30)31,27-33-23(2,3)24(4,5)34-27)19-22(32)20-14-16-21(28)17-15-20/h6,14-17H,1,7-13,18-19H2,2-5H3/t25-/m0/s1. The van der Waals surface area contributed by atoms with E-state index in [0.717, 1.165) is 32.1 Å². The maximum atomic E-state index is 14.8. The summed E-state index contributed by atoms with van der Waals surface area (Å²) >= 11 is 5.89. The van der Waals surface area contributed by atoms with Crippen LogP contribution in [0.2, 0.25) is 10.3 Å². The third-order valence-electron chi connectivity index (χ3n) is 7.19. The van der Waals surface area contributed by atoms with Crippen LogP contribution >= 0.6 is 11.6 Å². The normalized spacial score (nSPS) is 19.1. The van der Waals surface area contributed by atoms with Gasteiger partial charge in [0.2, 0.25) is 0 Å². The zero-order valence-corrected chi connectivity index (χ0v) is 21.5. The number of allylic oxidation sites excluding steroid dienone is 1. The van der Waals surface area contributed by atoms with Crippen LogP contribution in [0.4, 0.5) is 13.2 Å². The molecule has 0 unspecified atom stereocenters. The lowest BCUT2D eigenvalue weighted by Crippen LogP contribution is -2.48. The van der Waals surface area contributed by atoms with Gasteiger partial charge in [-0.3, -0.25) is 4.79 Å². The number of ketones is 1. The highest BCUT2D eigenvalue weighted by molar-refractivity contribution is 6.50. The highest BCUT2D eigenvalue weighted by Crippen LogP contribution is 2.58. The highest BCUT2D eigenvalue weighted by Gasteiger charge is 2.69. The first kappa shape index (κ1) is 28.9. The van der Waals surface area contributed by atoms with Crippen molar-refractivity contribution in [3.63, 3.8) is 0 Å². The number of halogens is 4. The number of carbonyl (C=O) groups is 1. The van der Waals surface area contributed by atoms with E-state index in [2.05, 4.69) is 6.58 Å². The van der Waals surface area contributed by atoms with Gasteiger partial charge in [0.05, 0.1) is 11.2 Å². The van der Waals surface area contributed by atoms with E-state index in [1.165, 1.54) is 24.3 Å². The quantitative estimate of drug-likeness (QED) is 0.118. The van der Waals surface area contributed by atoms with Gasteiger partial charge in [0.1, 0.15) is 5.31 Å². The number of Topliss-reactive ketones (excluding diaryl/α,β-unsaturated/α-hetero) is 1. The van der Waals surface area contributed by atoms with Gasteiger partial charge < -0.3 is 9.31 Å². The molecule has 1 aromatic carbocycles. The molecule has 0 spiro atoms. The second-order valence-electron chi connectivity index (χ2n) is 10.3. The molecule has 1 atom stereocenters. The Morgan fingerprint density at radius 2 is 1.47 bits per heavy atom. The fourth-order valence-electron chi connectivity index (χ4n) is 4.19. The minimum Gasteiger partial charge on any atom is -0.403 e. The van der Waals surface area contributed by atoms with Crippen LogP contribution in [0.25, 0.3) is 0 Å². The van der Waals surface area contributed by atoms with Gasteiger partial charge in [-0.2, -0.15) is 13.2 Å². The molecule has 0 saturated carbocycles. The Labute approximate surface area is 207 Å². The van der Waals surface area contributed by atoms with E-state index in [1.807, 2.05) is 6.08 Å². The van der Waals surface area contributed by atoms with Gasteiger partial charge in [-0.05, 0) is 71.2 Å². The first-order valence-corrected chi connectivity index (χ1v) is 12.5. The molecule has 1 fully saturated rings. The number of carbonyl (C=O) groups excluding carboxylic acids is 1. The van der Waals surface area contributed by atoms with Gasteiger partial charge in [-0.25, -0.2) is 0 Å². The Kier molecular flexibility index (Phi) is 9.89. The van der Waals surface area contributed by atoms with Gasteiger partial charge in [0.25, 0.3) is 0 Å². The van der Waals surface area contributed by atoms with Gasteiger partial charge >= 0.3 is 13.3 Å². The van der Waals surface area contributed by atoms with Crippen LogP contribution in [0.15, 0.2) is 36.9 Å². The SMILES string of the molecule is C=CCCCCCCCC[C@@](CC(=O)c1ccc(Cl)cc1)(B1OC(C)(C)C(C)(C)O1)C(F)(F)F. The summed E-state index contributed by atoms with van der Waals surface area (Å²) in [4.78, 5) is 13.1. The largest absolute Gasteiger partial charge is 0.474 e. The summed E-state index contributed by atoms with van der Waals surface area (Å²) in [6.07, 6.45) is 2.02. The number of rotatable bonds is 13. The van der Waals surface area contributed by atoms with Crippen molar-refractivity contribution in [1.29, 1.82) is 0 Å². The second kappa shape index (κ2) is 11.6. The predicted molar refractivity (Wildman–Crippen MR) is 132 cm³/mol. The minimum absolute atomic E-state index is 0.191. The van der Waals surface area contributed by atoms with E-state index in [-0.39, 0.29) is 12.0 Å². The third-order valence-corrected chi connectivity index (χ3v) is 7.44. The molecule has 1 aliphatic heterocycles. The van der Waals surface area contributed by atoms with Crippen molar-refractivity contribution < 1.29 is 27.3 Å². The molecule has 0 bridgehead atoms. The Balaban J connectivity index is 2.26. The van der Waals surface area contributed by atoms with Crippen molar-refractivity contribution in [2.75, 3.05) is 0 Å². The Bertz CT molecular complexity index is 808. The maximum Gasteiger partial charge on any atom is 0.474 e. The molecule has 0 amide bonds. The van der Waals surface area contributed by atoms with E-state index in [4.69, 9.17) is 20.9 Å². The maximum absolute atomic E-state index is 14.8. The number of benzene rings is 1. The van der Waals surface area contributed by atoms with Crippen LogP contribution in [0.5, 0.6) is 0 Å². The van der Waals surface area contributed by atoms with Crippen LogP contribution < -0.4 is 0 Å². The molecule has 1 aromatic rings. The summed E-state index contributed by atoms with van der Waals surface area (Å²) in [6, 6.07) is 5.93. The zero-order chi connectivity index (χ0) is 25.6. The predicted octanol–water partition coefficient (Wildman–Crippen LogP) is 8.61. The first-order chi connectivity index (χ1) is 15.8. The molecule has 0 aromatic heterocycles. The van der Waals surface area contributed by atoms with Crippen LogP contribution in [0.3, 0.4) is 0 Å². The molecule has 0 aliphatic carbocycles. The van der Waals surface area contributed by atoms with Crippen LogP contribution in [0.1, 0.15) is 95.8 Å². The lowest BCUT2D eigenvalue weighted by molar-refractivity contribution is -0.175. The van der Waals surface area contributed by atoms with E-state index < -0.39 is 42.0 Å². The van der Waals surface area contributed by atoms with Gasteiger partial charge in [-0.15, -0.1) is 6.58 Å². The number of hydrogen-bond acceptors (Lipinski definition) is 3. The number of alkyl halides is 3. The fraction of sp³-hybridized carbons (Fsp3) is 0.654. The van der Waals surface area contributed by atoms with Crippen molar-refractivity contribution >= 4 is 24.5 Å². The Hall–Kier alpha value is -1.31. The van der Waals surface area contributed by atoms with Crippen molar-refractivity contribution in [2.24, 2.45) is 0 Å². The van der Waals surface area contributed by atoms with Crippen molar-refractivity contribution in [3.8, 4) is 0 Å². The molecule has 1 saturated heterocycles. The summed E-state index contributed by atoms with van der Waals surface area (Å²) in [7, 11) is -1.57. The molecule has 34 heavy (non-hydrogen) atoms. The van der Waals surface area contributed by atoms with E-state index in [9.17, 15) is 18.0 Å². The van der Waals surface area contributed by atoms with Crippen molar-refractivity contribution in [1.82, 2.24) is 0 Å². The van der Waals surface area contributed by atoms with Gasteiger partial charge in [0.15, 0.2) is 5.78 Å². The number of hydrogen-bond donors (Lipinski definition) is 0. The van der Waals surface area contributed by atoms with Crippen LogP contribution in [-0.2, 0) is 9.31 Å². The average Bonchev–Trinajstić information content (AvgIpc) is 2.95. The van der Waals surface area contributed by atoms with E-state index in [0.29, 0.717) is 17.9 Å². The molecule has 190 valence electrons. The van der Waals surface area contributed by atoms with Crippen molar-refractivity contribution in [3.05, 3.63) is 47.5 Å². The second-order valence-corrected chi connectivity index (χ2v) is 10.7. The number of unbranched alkanes of at least 4 members (excludes halogenated alkanes) is 6. The molecule has 0 radical (unpaired) electrons. The Morgan fingerprint density at radius 1 is 0.971 bits per heavy atom. The molecular formula is C26H37BClF3O3. The first-order valence-electron chi connectivity index (χ1n) is 12.1. The molecule has 2 rings (SSSR count). The van der Waals surface area contributed by atoms with Crippen LogP contribution in [-0.4, -0.2) is 30.3 Å². The fourth-order valence-corrected chi connectivity index (χ4v) is 4.32. The molecule has 0 N–H and O–H groups in total. The van der Waals surface area contributed by atoms with Crippen molar-refractivity contribution in [2.45, 2.75) is 108 Å². The van der Waals surface area contributed by atoms with Gasteiger partial charge in [0, 0.05) is 17.0 Å². The lowest BCUT2D eigenvalue weighted by Gasteiger charge is -2.37.